The van der Waals surface area contributed by atoms with Crippen LogP contribution in [0.5, 0.6) is 5.88 Å². The maximum absolute atomic E-state index is 12.3. The minimum atomic E-state index is -0.965. The molecular weight excluding hydrogens is 348 g/mol. The number of methoxy groups -OCH3 is 1. The number of hydrogen-bond donors (Lipinski definition) is 2. The number of piperazine rings is 1. The Balaban J connectivity index is 1.87. The van der Waals surface area contributed by atoms with E-state index in [1.165, 1.54) is 7.11 Å². The van der Waals surface area contributed by atoms with Crippen molar-refractivity contribution in [2.75, 3.05) is 51.7 Å². The number of rotatable bonds is 9. The van der Waals surface area contributed by atoms with E-state index in [2.05, 4.69) is 26.7 Å². The van der Waals surface area contributed by atoms with Crippen molar-refractivity contribution in [2.45, 2.75) is 13.3 Å². The Morgan fingerprint density at radius 2 is 2.00 bits per heavy atom. The number of carbonyl (C=O) groups is 2. The van der Waals surface area contributed by atoms with Crippen molar-refractivity contribution in [1.29, 1.82) is 0 Å². The Kier molecular flexibility index (Phi) is 7.75. The van der Waals surface area contributed by atoms with Gasteiger partial charge in [-0.15, -0.1) is 0 Å². The summed E-state index contributed by atoms with van der Waals surface area (Å²) >= 11 is 0. The van der Waals surface area contributed by atoms with E-state index >= 15 is 0 Å². The van der Waals surface area contributed by atoms with Crippen molar-refractivity contribution in [1.82, 2.24) is 14.8 Å². The fraction of sp³-hybridized carbons (Fsp3) is 0.526. The van der Waals surface area contributed by atoms with E-state index in [0.29, 0.717) is 18.1 Å². The summed E-state index contributed by atoms with van der Waals surface area (Å²) in [5, 5.41) is 12.2. The molecule has 1 saturated heterocycles. The van der Waals surface area contributed by atoms with Crippen molar-refractivity contribution in [2.24, 2.45) is 5.92 Å². The number of anilines is 1. The summed E-state index contributed by atoms with van der Waals surface area (Å²) in [6, 6.07) is 3.34. The van der Waals surface area contributed by atoms with E-state index in [0.717, 1.165) is 38.3 Å². The lowest BCUT2D eigenvalue weighted by atomic mass is 10.0. The zero-order valence-electron chi connectivity index (χ0n) is 16.0. The van der Waals surface area contributed by atoms with Crippen LogP contribution < -0.4 is 10.1 Å². The van der Waals surface area contributed by atoms with Crippen LogP contribution in [0.4, 0.5) is 5.69 Å². The maximum atomic E-state index is 12.3. The first-order valence-corrected chi connectivity index (χ1v) is 8.99. The second kappa shape index (κ2) is 10.0. The Hall–Kier alpha value is -2.45. The van der Waals surface area contributed by atoms with Gasteiger partial charge in [-0.25, -0.2) is 4.98 Å². The quantitative estimate of drug-likeness (QED) is 0.628. The highest BCUT2D eigenvalue weighted by atomic mass is 16.5. The van der Waals surface area contributed by atoms with Crippen LogP contribution in [0.3, 0.4) is 0 Å². The largest absolute Gasteiger partial charge is 0.481 e. The number of pyridine rings is 1. The summed E-state index contributed by atoms with van der Waals surface area (Å²) in [5.41, 5.74) is 1.55. The standard InChI is InChI=1S/C19H28N4O4/c1-14(2)12-22-7-9-23(10-8-22)13-15(19(25)26)11-17(24)21-16-5-4-6-20-18(16)27-3/h4-6,15H,1,7-13H2,2-3H3,(H,21,24)(H,25,26)/t15-/m1/s1. The molecule has 2 N–H and O–H groups in total. The Morgan fingerprint density at radius 1 is 1.33 bits per heavy atom. The average molecular weight is 376 g/mol. The molecule has 1 aliphatic rings. The van der Waals surface area contributed by atoms with Crippen LogP contribution >= 0.6 is 0 Å². The summed E-state index contributed by atoms with van der Waals surface area (Å²) in [6.45, 7) is 10.5. The van der Waals surface area contributed by atoms with Crippen LogP contribution in [0, 0.1) is 5.92 Å². The molecule has 0 radical (unpaired) electrons. The molecule has 27 heavy (non-hydrogen) atoms. The van der Waals surface area contributed by atoms with E-state index in [1.54, 1.807) is 18.3 Å². The molecule has 0 unspecified atom stereocenters. The third-order valence-electron chi connectivity index (χ3n) is 4.46. The molecule has 2 rings (SSSR count). The molecule has 1 aromatic rings. The first-order chi connectivity index (χ1) is 12.9. The second-order valence-electron chi connectivity index (χ2n) is 6.88. The van der Waals surface area contributed by atoms with E-state index < -0.39 is 11.9 Å². The van der Waals surface area contributed by atoms with Gasteiger partial charge in [-0.3, -0.25) is 19.4 Å². The number of nitrogens with zero attached hydrogens (tertiary/aromatic N) is 3. The third-order valence-corrected chi connectivity index (χ3v) is 4.46. The minimum absolute atomic E-state index is 0.0979. The number of carbonyl (C=O) groups excluding carboxylic acids is 1. The van der Waals surface area contributed by atoms with Crippen molar-refractivity contribution in [3.05, 3.63) is 30.5 Å². The summed E-state index contributed by atoms with van der Waals surface area (Å²) < 4.78 is 5.10. The normalized spacial score (nSPS) is 16.5. The molecule has 1 fully saturated rings. The number of aromatic nitrogens is 1. The highest BCUT2D eigenvalue weighted by Crippen LogP contribution is 2.21. The predicted octanol–water partition coefficient (Wildman–Crippen LogP) is 1.31. The van der Waals surface area contributed by atoms with Crippen LogP contribution in [0.2, 0.25) is 0 Å². The number of ether oxygens (including phenoxy) is 1. The lowest BCUT2D eigenvalue weighted by molar-refractivity contribution is -0.144. The number of carboxylic acid groups (broad SMARTS) is 1. The number of aliphatic carboxylic acids is 1. The summed E-state index contributed by atoms with van der Waals surface area (Å²) in [6.07, 6.45) is 1.46. The van der Waals surface area contributed by atoms with E-state index in [4.69, 9.17) is 4.74 Å². The van der Waals surface area contributed by atoms with Gasteiger partial charge in [0.2, 0.25) is 11.8 Å². The molecule has 1 aliphatic heterocycles. The summed E-state index contributed by atoms with van der Waals surface area (Å²) in [4.78, 5) is 32.4. The SMILES string of the molecule is C=C(C)CN1CCN(C[C@@H](CC(=O)Nc2cccnc2OC)C(=O)O)CC1. The van der Waals surface area contributed by atoms with Gasteiger partial charge < -0.3 is 15.2 Å². The average Bonchev–Trinajstić information content (AvgIpc) is 2.62. The smallest absolute Gasteiger partial charge is 0.308 e. The van der Waals surface area contributed by atoms with Crippen LogP contribution in [-0.4, -0.2) is 78.1 Å². The maximum Gasteiger partial charge on any atom is 0.308 e. The molecular formula is C19H28N4O4. The second-order valence-corrected chi connectivity index (χ2v) is 6.88. The van der Waals surface area contributed by atoms with Gasteiger partial charge in [0.15, 0.2) is 0 Å². The molecule has 0 spiro atoms. The van der Waals surface area contributed by atoms with E-state index in [9.17, 15) is 14.7 Å². The predicted molar refractivity (Wildman–Crippen MR) is 103 cm³/mol. The van der Waals surface area contributed by atoms with Crippen LogP contribution in [-0.2, 0) is 9.59 Å². The van der Waals surface area contributed by atoms with Gasteiger partial charge in [0.05, 0.1) is 13.0 Å². The lowest BCUT2D eigenvalue weighted by Gasteiger charge is -2.35. The number of amides is 1. The molecule has 1 amide bonds. The van der Waals surface area contributed by atoms with E-state index in [-0.39, 0.29) is 12.3 Å². The van der Waals surface area contributed by atoms with Crippen LogP contribution in [0.15, 0.2) is 30.5 Å². The Morgan fingerprint density at radius 3 is 2.59 bits per heavy atom. The molecule has 8 nitrogen and oxygen atoms in total. The van der Waals surface area contributed by atoms with Gasteiger partial charge in [-0.05, 0) is 19.1 Å². The molecule has 0 aliphatic carbocycles. The fourth-order valence-corrected chi connectivity index (χ4v) is 3.13. The van der Waals surface area contributed by atoms with Crippen molar-refractivity contribution >= 4 is 17.6 Å². The van der Waals surface area contributed by atoms with Crippen LogP contribution in [0.25, 0.3) is 0 Å². The van der Waals surface area contributed by atoms with Gasteiger partial charge in [0, 0.05) is 51.9 Å². The minimum Gasteiger partial charge on any atom is -0.481 e. The Bertz CT molecular complexity index is 671. The van der Waals surface area contributed by atoms with Gasteiger partial charge in [0.1, 0.15) is 5.69 Å². The molecule has 8 heteroatoms. The van der Waals surface area contributed by atoms with Crippen molar-refractivity contribution < 1.29 is 19.4 Å². The molecule has 1 aromatic heterocycles. The lowest BCUT2D eigenvalue weighted by Crippen LogP contribution is -2.49. The molecule has 0 aromatic carbocycles. The van der Waals surface area contributed by atoms with Crippen LogP contribution in [0.1, 0.15) is 13.3 Å². The van der Waals surface area contributed by atoms with Gasteiger partial charge in [0.25, 0.3) is 0 Å². The van der Waals surface area contributed by atoms with Crippen molar-refractivity contribution in [3.63, 3.8) is 0 Å². The Labute approximate surface area is 159 Å². The molecule has 1 atom stereocenters. The molecule has 0 bridgehead atoms. The molecule has 148 valence electrons. The van der Waals surface area contributed by atoms with Gasteiger partial charge in [-0.2, -0.15) is 0 Å². The first kappa shape index (κ1) is 20.9. The number of nitrogens with one attached hydrogen (secondary N) is 1. The molecule has 0 saturated carbocycles. The first-order valence-electron chi connectivity index (χ1n) is 8.99. The highest BCUT2D eigenvalue weighted by molar-refractivity contribution is 5.94. The summed E-state index contributed by atoms with van der Waals surface area (Å²) in [5.74, 6) is -1.80. The number of hydrogen-bond acceptors (Lipinski definition) is 6. The van der Waals surface area contributed by atoms with E-state index in [1.807, 2.05) is 6.92 Å². The van der Waals surface area contributed by atoms with Gasteiger partial charge >= 0.3 is 5.97 Å². The number of carboxylic acids is 1. The third kappa shape index (κ3) is 6.65. The zero-order chi connectivity index (χ0) is 19.8. The summed E-state index contributed by atoms with van der Waals surface area (Å²) in [7, 11) is 1.46. The van der Waals surface area contributed by atoms with Gasteiger partial charge in [-0.1, -0.05) is 12.2 Å². The highest BCUT2D eigenvalue weighted by Gasteiger charge is 2.26. The fourth-order valence-electron chi connectivity index (χ4n) is 3.13. The zero-order valence-corrected chi connectivity index (χ0v) is 16.0. The topological polar surface area (TPSA) is 95.0 Å². The van der Waals surface area contributed by atoms with Crippen molar-refractivity contribution in [3.8, 4) is 5.88 Å². The monoisotopic (exact) mass is 376 g/mol. The molecule has 2 heterocycles.